The van der Waals surface area contributed by atoms with Crippen LogP contribution in [0.3, 0.4) is 0 Å². The summed E-state index contributed by atoms with van der Waals surface area (Å²) in [5.41, 5.74) is 0.00569. The Hall–Kier alpha value is -2.94. The minimum Gasteiger partial charge on any atom is -0.337 e. The molecule has 0 radical (unpaired) electrons. The van der Waals surface area contributed by atoms with Gasteiger partial charge in [-0.25, -0.2) is 4.79 Å². The molecule has 0 aromatic carbocycles. The number of rotatable bonds is 5. The first-order chi connectivity index (χ1) is 11.2. The topological polar surface area (TPSA) is 113 Å². The molecule has 0 fully saturated rings. The van der Waals surface area contributed by atoms with Gasteiger partial charge in [0, 0.05) is 11.1 Å². The van der Waals surface area contributed by atoms with Crippen molar-refractivity contribution in [2.24, 2.45) is 0 Å². The Morgan fingerprint density at radius 2 is 2.13 bits per heavy atom. The highest BCUT2D eigenvalue weighted by Gasteiger charge is 2.12. The second-order valence-electron chi connectivity index (χ2n) is 4.54. The lowest BCUT2D eigenvalue weighted by Gasteiger charge is -2.03. The highest BCUT2D eigenvalue weighted by Crippen LogP contribution is 2.10. The smallest absolute Gasteiger partial charge is 0.315 e. The summed E-state index contributed by atoms with van der Waals surface area (Å²) in [5, 5.41) is 11.0. The minimum absolute atomic E-state index is 0.0774. The van der Waals surface area contributed by atoms with Crippen molar-refractivity contribution in [1.29, 1.82) is 0 Å². The number of urea groups is 1. The molecule has 0 saturated heterocycles. The van der Waals surface area contributed by atoms with Gasteiger partial charge in [0.2, 0.25) is 11.7 Å². The fraction of sp³-hybridized carbons (Fsp3) is 0.143. The number of aromatic nitrogens is 3. The lowest BCUT2D eigenvalue weighted by molar-refractivity contribution is 0.238. The first kappa shape index (κ1) is 15.0. The van der Waals surface area contributed by atoms with Gasteiger partial charge in [0.15, 0.2) is 0 Å². The van der Waals surface area contributed by atoms with Gasteiger partial charge < -0.3 is 20.1 Å². The van der Waals surface area contributed by atoms with E-state index in [-0.39, 0.29) is 29.9 Å². The van der Waals surface area contributed by atoms with Gasteiger partial charge in [-0.2, -0.15) is 4.98 Å². The normalized spacial score (nSPS) is 10.4. The predicted octanol–water partition coefficient (Wildman–Crippen LogP) is 1.49. The number of hydrogen-bond donors (Lipinski definition) is 3. The molecule has 8 nitrogen and oxygen atoms in total. The molecular formula is C14H13N5O3S. The van der Waals surface area contributed by atoms with Crippen molar-refractivity contribution in [2.75, 3.05) is 0 Å². The number of amides is 2. The van der Waals surface area contributed by atoms with Crippen molar-refractivity contribution in [2.45, 2.75) is 13.1 Å². The maximum Gasteiger partial charge on any atom is 0.315 e. The van der Waals surface area contributed by atoms with Crippen LogP contribution in [0.5, 0.6) is 0 Å². The third-order valence-electron chi connectivity index (χ3n) is 2.93. The van der Waals surface area contributed by atoms with Crippen molar-refractivity contribution < 1.29 is 9.32 Å². The maximum atomic E-state index is 11.7. The number of H-pyrrole nitrogens is 1. The number of nitrogens with one attached hydrogen (secondary N) is 3. The van der Waals surface area contributed by atoms with Gasteiger partial charge >= 0.3 is 6.03 Å². The Labute approximate surface area is 134 Å². The fourth-order valence-electron chi connectivity index (χ4n) is 1.83. The van der Waals surface area contributed by atoms with Crippen LogP contribution in [0.25, 0.3) is 11.4 Å². The second kappa shape index (κ2) is 6.88. The zero-order valence-electron chi connectivity index (χ0n) is 11.9. The quantitative estimate of drug-likeness (QED) is 0.655. The summed E-state index contributed by atoms with van der Waals surface area (Å²) in [5.74, 6) is 0.400. The van der Waals surface area contributed by atoms with Gasteiger partial charge in [-0.1, -0.05) is 11.2 Å². The highest BCUT2D eigenvalue weighted by atomic mass is 32.1. The zero-order chi connectivity index (χ0) is 16.1. The summed E-state index contributed by atoms with van der Waals surface area (Å²) in [4.78, 5) is 31.0. The second-order valence-corrected chi connectivity index (χ2v) is 5.57. The first-order valence-electron chi connectivity index (χ1n) is 6.77. The number of thiophene rings is 1. The Morgan fingerprint density at radius 3 is 2.91 bits per heavy atom. The van der Waals surface area contributed by atoms with E-state index < -0.39 is 0 Å². The maximum absolute atomic E-state index is 11.7. The summed E-state index contributed by atoms with van der Waals surface area (Å²) in [7, 11) is 0. The summed E-state index contributed by atoms with van der Waals surface area (Å²) >= 11 is 1.57. The van der Waals surface area contributed by atoms with Crippen LogP contribution in [0.1, 0.15) is 10.8 Å². The van der Waals surface area contributed by atoms with Crippen LogP contribution in [0, 0.1) is 0 Å². The number of carbonyl (C=O) groups is 1. The summed E-state index contributed by atoms with van der Waals surface area (Å²) in [6, 6.07) is 6.78. The van der Waals surface area contributed by atoms with Crippen molar-refractivity contribution in [3.05, 3.63) is 57.0 Å². The third kappa shape index (κ3) is 3.83. The molecule has 3 aromatic rings. The van der Waals surface area contributed by atoms with Gasteiger partial charge in [0.1, 0.15) is 0 Å². The van der Waals surface area contributed by atoms with Crippen molar-refractivity contribution in [1.82, 2.24) is 25.8 Å². The molecule has 3 aromatic heterocycles. The molecule has 3 rings (SSSR count). The summed E-state index contributed by atoms with van der Waals surface area (Å²) in [6.45, 7) is 0.534. The average Bonchev–Trinajstić information content (AvgIpc) is 3.23. The molecule has 0 aliphatic carbocycles. The monoisotopic (exact) mass is 331 g/mol. The van der Waals surface area contributed by atoms with Crippen molar-refractivity contribution in [3.63, 3.8) is 0 Å². The van der Waals surface area contributed by atoms with E-state index in [0.717, 1.165) is 4.88 Å². The van der Waals surface area contributed by atoms with Gasteiger partial charge in [-0.3, -0.25) is 4.79 Å². The van der Waals surface area contributed by atoms with E-state index in [9.17, 15) is 9.59 Å². The van der Waals surface area contributed by atoms with Gasteiger partial charge in [-0.15, -0.1) is 11.3 Å². The molecule has 9 heteroatoms. The van der Waals surface area contributed by atoms with E-state index in [1.807, 2.05) is 17.5 Å². The lowest BCUT2D eigenvalue weighted by Crippen LogP contribution is -2.34. The molecule has 3 N–H and O–H groups in total. The summed E-state index contributed by atoms with van der Waals surface area (Å²) in [6.07, 6.45) is 1.52. The minimum atomic E-state index is -0.337. The van der Waals surface area contributed by atoms with Crippen molar-refractivity contribution >= 4 is 17.4 Å². The number of nitrogens with zero attached hydrogens (tertiary/aromatic N) is 2. The molecule has 0 saturated carbocycles. The van der Waals surface area contributed by atoms with Crippen LogP contribution in [-0.2, 0) is 13.1 Å². The van der Waals surface area contributed by atoms with Crippen LogP contribution < -0.4 is 16.2 Å². The van der Waals surface area contributed by atoms with E-state index in [1.54, 1.807) is 23.5 Å². The Kier molecular flexibility index (Phi) is 4.48. The number of pyridine rings is 1. The summed E-state index contributed by atoms with van der Waals surface area (Å²) < 4.78 is 5.02. The van der Waals surface area contributed by atoms with Crippen LogP contribution in [0.2, 0.25) is 0 Å². The Bertz CT molecular complexity index is 840. The molecule has 0 spiro atoms. The molecule has 0 bridgehead atoms. The molecule has 0 aliphatic rings. The number of carbonyl (C=O) groups excluding carboxylic acids is 1. The Morgan fingerprint density at radius 1 is 1.26 bits per heavy atom. The number of aromatic amines is 1. The van der Waals surface area contributed by atoms with Crippen molar-refractivity contribution in [3.8, 4) is 11.4 Å². The van der Waals surface area contributed by atoms with E-state index in [4.69, 9.17) is 4.52 Å². The van der Waals surface area contributed by atoms with E-state index in [0.29, 0.717) is 12.1 Å². The van der Waals surface area contributed by atoms with E-state index in [1.165, 1.54) is 6.20 Å². The molecular weight excluding hydrogens is 318 g/mol. The molecule has 3 heterocycles. The zero-order valence-corrected chi connectivity index (χ0v) is 12.7. The van der Waals surface area contributed by atoms with Crippen LogP contribution in [0.15, 0.2) is 45.2 Å². The molecule has 118 valence electrons. The fourth-order valence-corrected chi connectivity index (χ4v) is 2.48. The SMILES string of the molecule is O=C(NCc1nc(-c2ccc[nH]c2=O)no1)NCc1cccs1. The molecule has 0 unspecified atom stereocenters. The molecule has 2 amide bonds. The first-order valence-corrected chi connectivity index (χ1v) is 7.65. The Balaban J connectivity index is 1.54. The third-order valence-corrected chi connectivity index (χ3v) is 3.81. The standard InChI is InChI=1S/C14H13N5O3S/c20-13-10(4-1-5-15-13)12-18-11(22-19-12)8-17-14(21)16-7-9-3-2-6-23-9/h1-6H,7-8H2,(H,15,20)(H2,16,17,21). The van der Waals surface area contributed by atoms with E-state index in [2.05, 4.69) is 25.8 Å². The van der Waals surface area contributed by atoms with Gasteiger partial charge in [0.05, 0.1) is 18.7 Å². The van der Waals surface area contributed by atoms with E-state index >= 15 is 0 Å². The number of hydrogen-bond acceptors (Lipinski definition) is 6. The highest BCUT2D eigenvalue weighted by molar-refractivity contribution is 7.09. The predicted molar refractivity (Wildman–Crippen MR) is 83.7 cm³/mol. The molecule has 0 aliphatic heterocycles. The van der Waals surface area contributed by atoms with Gasteiger partial charge in [-0.05, 0) is 23.6 Å². The lowest BCUT2D eigenvalue weighted by atomic mass is 10.3. The molecule has 23 heavy (non-hydrogen) atoms. The average molecular weight is 331 g/mol. The van der Waals surface area contributed by atoms with Crippen LogP contribution in [0.4, 0.5) is 4.79 Å². The largest absolute Gasteiger partial charge is 0.337 e. The molecule has 0 atom stereocenters. The van der Waals surface area contributed by atoms with Crippen LogP contribution >= 0.6 is 11.3 Å². The van der Waals surface area contributed by atoms with Crippen LogP contribution in [-0.4, -0.2) is 21.2 Å². The van der Waals surface area contributed by atoms with Gasteiger partial charge in [0.25, 0.3) is 5.56 Å².